The van der Waals surface area contributed by atoms with E-state index in [0.717, 1.165) is 29.5 Å². The maximum absolute atomic E-state index is 14.2. The Kier molecular flexibility index (Phi) is 8.48. The fourth-order valence-corrected chi connectivity index (χ4v) is 4.29. The van der Waals surface area contributed by atoms with Crippen molar-refractivity contribution >= 4 is 11.8 Å². The van der Waals surface area contributed by atoms with E-state index in [0.29, 0.717) is 31.7 Å². The van der Waals surface area contributed by atoms with Gasteiger partial charge in [0.1, 0.15) is 11.6 Å². The number of benzene rings is 2. The average molecular weight is 455 g/mol. The average Bonchev–Trinajstić information content (AvgIpc) is 2.79. The molecule has 33 heavy (non-hydrogen) atoms. The van der Waals surface area contributed by atoms with Crippen LogP contribution in [-0.4, -0.2) is 35.9 Å². The van der Waals surface area contributed by atoms with Gasteiger partial charge in [0, 0.05) is 19.5 Å². The molecule has 0 aromatic heterocycles. The van der Waals surface area contributed by atoms with Crippen molar-refractivity contribution in [2.45, 2.75) is 65.5 Å². The van der Waals surface area contributed by atoms with Crippen molar-refractivity contribution in [2.24, 2.45) is 5.92 Å². The van der Waals surface area contributed by atoms with Crippen molar-refractivity contribution < 1.29 is 18.7 Å². The summed E-state index contributed by atoms with van der Waals surface area (Å²) in [5.74, 6) is 0.400. The van der Waals surface area contributed by atoms with Crippen molar-refractivity contribution in [1.29, 1.82) is 0 Å². The Morgan fingerprint density at radius 3 is 2.64 bits per heavy atom. The van der Waals surface area contributed by atoms with E-state index in [9.17, 15) is 14.0 Å². The molecular formula is C27H35FN2O3. The Morgan fingerprint density at radius 1 is 1.18 bits per heavy atom. The first-order chi connectivity index (χ1) is 15.8. The first kappa shape index (κ1) is 24.7. The van der Waals surface area contributed by atoms with Crippen molar-refractivity contribution in [3.8, 4) is 5.75 Å². The van der Waals surface area contributed by atoms with Crippen LogP contribution >= 0.6 is 0 Å². The van der Waals surface area contributed by atoms with Gasteiger partial charge in [0.25, 0.3) is 5.91 Å². The lowest BCUT2D eigenvalue weighted by Gasteiger charge is -2.38. The highest BCUT2D eigenvalue weighted by Crippen LogP contribution is 2.38. The topological polar surface area (TPSA) is 58.6 Å². The molecule has 2 aromatic carbocycles. The van der Waals surface area contributed by atoms with Gasteiger partial charge < -0.3 is 15.0 Å². The van der Waals surface area contributed by atoms with E-state index in [-0.39, 0.29) is 23.5 Å². The zero-order valence-electron chi connectivity index (χ0n) is 20.1. The standard InChI is InChI=1S/C27H35FN2O3/c1-5-13-29-27(32)24(6-2)33-22-11-10-19-12-14-30(25(31)15-18(3)4)26(23(19)17-22)20-8-7-9-21(28)16-20/h7-11,16-18,24,26H,5-6,12-15H2,1-4H3,(H,29,32). The summed E-state index contributed by atoms with van der Waals surface area (Å²) < 4.78 is 20.2. The molecule has 0 fully saturated rings. The lowest BCUT2D eigenvalue weighted by atomic mass is 9.87. The SMILES string of the molecule is CCCNC(=O)C(CC)Oc1ccc2c(c1)C(c1cccc(F)c1)N(C(=O)CC(C)C)CC2. The van der Waals surface area contributed by atoms with Crippen LogP contribution in [0.25, 0.3) is 0 Å². The van der Waals surface area contributed by atoms with Gasteiger partial charge in [0.2, 0.25) is 5.91 Å². The Hall–Kier alpha value is -2.89. The molecule has 1 N–H and O–H groups in total. The molecular weight excluding hydrogens is 419 g/mol. The van der Waals surface area contributed by atoms with E-state index in [2.05, 4.69) is 5.32 Å². The number of ether oxygens (including phenoxy) is 1. The molecule has 1 aliphatic rings. The first-order valence-electron chi connectivity index (χ1n) is 12.0. The minimum absolute atomic E-state index is 0.0570. The van der Waals surface area contributed by atoms with Crippen LogP contribution in [0, 0.1) is 11.7 Å². The van der Waals surface area contributed by atoms with Gasteiger partial charge in [-0.05, 0) is 66.1 Å². The Morgan fingerprint density at radius 2 is 1.97 bits per heavy atom. The predicted molar refractivity (Wildman–Crippen MR) is 128 cm³/mol. The summed E-state index contributed by atoms with van der Waals surface area (Å²) in [6.45, 7) is 9.15. The van der Waals surface area contributed by atoms with Crippen LogP contribution in [0.4, 0.5) is 4.39 Å². The third-order valence-corrected chi connectivity index (χ3v) is 5.90. The highest BCUT2D eigenvalue weighted by Gasteiger charge is 2.33. The summed E-state index contributed by atoms with van der Waals surface area (Å²) in [7, 11) is 0. The number of rotatable bonds is 9. The van der Waals surface area contributed by atoms with Gasteiger partial charge in [-0.1, -0.05) is 45.9 Å². The zero-order chi connectivity index (χ0) is 24.0. The second-order valence-corrected chi connectivity index (χ2v) is 9.06. The molecule has 2 atom stereocenters. The summed E-state index contributed by atoms with van der Waals surface area (Å²) in [6, 6.07) is 11.8. The molecule has 1 aliphatic heterocycles. The number of hydrogen-bond donors (Lipinski definition) is 1. The number of nitrogens with zero attached hydrogens (tertiary/aromatic N) is 1. The molecule has 2 aromatic rings. The molecule has 0 radical (unpaired) electrons. The fourth-order valence-electron chi connectivity index (χ4n) is 4.29. The smallest absolute Gasteiger partial charge is 0.261 e. The number of carbonyl (C=O) groups is 2. The largest absolute Gasteiger partial charge is 0.481 e. The highest BCUT2D eigenvalue weighted by molar-refractivity contribution is 5.81. The normalized spacial score (nSPS) is 16.3. The lowest BCUT2D eigenvalue weighted by molar-refractivity contribution is -0.134. The van der Waals surface area contributed by atoms with Crippen LogP contribution in [0.2, 0.25) is 0 Å². The van der Waals surface area contributed by atoms with Crippen LogP contribution in [0.5, 0.6) is 5.75 Å². The first-order valence-corrected chi connectivity index (χ1v) is 12.0. The van der Waals surface area contributed by atoms with Gasteiger partial charge in [-0.15, -0.1) is 0 Å². The molecule has 5 nitrogen and oxygen atoms in total. The Bertz CT molecular complexity index is 976. The van der Waals surface area contributed by atoms with E-state index in [1.165, 1.54) is 12.1 Å². The zero-order valence-corrected chi connectivity index (χ0v) is 20.1. The van der Waals surface area contributed by atoms with Gasteiger partial charge in [0.15, 0.2) is 6.10 Å². The molecule has 0 saturated heterocycles. The van der Waals surface area contributed by atoms with E-state index in [1.54, 1.807) is 6.07 Å². The second-order valence-electron chi connectivity index (χ2n) is 9.06. The number of hydrogen-bond acceptors (Lipinski definition) is 3. The predicted octanol–water partition coefficient (Wildman–Crippen LogP) is 5.03. The fraction of sp³-hybridized carbons (Fsp3) is 0.481. The molecule has 0 spiro atoms. The summed E-state index contributed by atoms with van der Waals surface area (Å²) in [5.41, 5.74) is 2.76. The number of fused-ring (bicyclic) bond motifs is 1. The van der Waals surface area contributed by atoms with Crippen molar-refractivity contribution in [3.63, 3.8) is 0 Å². The van der Waals surface area contributed by atoms with Crippen LogP contribution in [-0.2, 0) is 16.0 Å². The van der Waals surface area contributed by atoms with E-state index in [1.807, 2.05) is 56.9 Å². The number of amides is 2. The molecule has 0 aliphatic carbocycles. The van der Waals surface area contributed by atoms with Gasteiger partial charge in [-0.3, -0.25) is 9.59 Å². The molecule has 1 heterocycles. The summed E-state index contributed by atoms with van der Waals surface area (Å²) >= 11 is 0. The third kappa shape index (κ3) is 6.12. The van der Waals surface area contributed by atoms with E-state index in [4.69, 9.17) is 4.74 Å². The number of nitrogens with one attached hydrogen (secondary N) is 1. The third-order valence-electron chi connectivity index (χ3n) is 5.90. The maximum Gasteiger partial charge on any atom is 0.261 e. The van der Waals surface area contributed by atoms with Crippen LogP contribution in [0.1, 0.15) is 69.7 Å². The molecule has 2 unspecified atom stereocenters. The molecule has 6 heteroatoms. The number of carbonyl (C=O) groups excluding carboxylic acids is 2. The minimum atomic E-state index is -0.593. The second kappa shape index (κ2) is 11.3. The van der Waals surface area contributed by atoms with Gasteiger partial charge in [-0.25, -0.2) is 4.39 Å². The number of halogens is 1. The maximum atomic E-state index is 14.2. The summed E-state index contributed by atoms with van der Waals surface area (Å²) in [4.78, 5) is 27.4. The highest BCUT2D eigenvalue weighted by atomic mass is 19.1. The van der Waals surface area contributed by atoms with Crippen LogP contribution in [0.3, 0.4) is 0 Å². The molecule has 3 rings (SSSR count). The summed E-state index contributed by atoms with van der Waals surface area (Å²) in [6.07, 6.45) is 1.96. The van der Waals surface area contributed by atoms with Gasteiger partial charge in [0.05, 0.1) is 6.04 Å². The van der Waals surface area contributed by atoms with E-state index < -0.39 is 12.1 Å². The Labute approximate surface area is 196 Å². The molecule has 0 bridgehead atoms. The monoisotopic (exact) mass is 454 g/mol. The van der Waals surface area contributed by atoms with Crippen molar-refractivity contribution in [2.75, 3.05) is 13.1 Å². The van der Waals surface area contributed by atoms with E-state index >= 15 is 0 Å². The quantitative estimate of drug-likeness (QED) is 0.578. The van der Waals surface area contributed by atoms with Crippen molar-refractivity contribution in [3.05, 3.63) is 65.0 Å². The van der Waals surface area contributed by atoms with Crippen molar-refractivity contribution in [1.82, 2.24) is 10.2 Å². The van der Waals surface area contributed by atoms with Crippen LogP contribution < -0.4 is 10.1 Å². The Balaban J connectivity index is 1.97. The lowest BCUT2D eigenvalue weighted by Crippen LogP contribution is -2.41. The molecule has 0 saturated carbocycles. The van der Waals surface area contributed by atoms with Gasteiger partial charge >= 0.3 is 0 Å². The minimum Gasteiger partial charge on any atom is -0.481 e. The summed E-state index contributed by atoms with van der Waals surface area (Å²) in [5, 5.41) is 2.89. The molecule has 178 valence electrons. The van der Waals surface area contributed by atoms with Gasteiger partial charge in [-0.2, -0.15) is 0 Å². The van der Waals surface area contributed by atoms with Crippen LogP contribution in [0.15, 0.2) is 42.5 Å². The molecule has 2 amide bonds.